The summed E-state index contributed by atoms with van der Waals surface area (Å²) in [4.78, 5) is 0. The Kier molecular flexibility index (Phi) is 2.45. The highest BCUT2D eigenvalue weighted by Crippen LogP contribution is 2.08. The van der Waals surface area contributed by atoms with E-state index < -0.39 is 0 Å². The summed E-state index contributed by atoms with van der Waals surface area (Å²) < 4.78 is 1.84. The van der Waals surface area contributed by atoms with Crippen LogP contribution in [-0.4, -0.2) is 9.78 Å². The summed E-state index contributed by atoms with van der Waals surface area (Å²) in [6, 6.07) is 10.0. The second kappa shape index (κ2) is 3.92. The largest absolute Gasteiger partial charge is 0.240 e. The molecule has 0 fully saturated rings. The zero-order valence-corrected chi connectivity index (χ0v) is 7.80. The Bertz CT molecular complexity index is 427. The first kappa shape index (κ1) is 8.75. The fourth-order valence-electron chi connectivity index (χ4n) is 1.28. The molecule has 0 bridgehead atoms. The van der Waals surface area contributed by atoms with Crippen molar-refractivity contribution in [3.05, 3.63) is 61.3 Å². The normalized spacial score (nSPS) is 10.9. The van der Waals surface area contributed by atoms with Crippen molar-refractivity contribution in [2.24, 2.45) is 0 Å². The van der Waals surface area contributed by atoms with Crippen LogP contribution in [0.5, 0.6) is 0 Å². The van der Waals surface area contributed by atoms with Crippen LogP contribution in [0.3, 0.4) is 0 Å². The third kappa shape index (κ3) is 1.74. The van der Waals surface area contributed by atoms with Gasteiger partial charge < -0.3 is 0 Å². The third-order valence-electron chi connectivity index (χ3n) is 1.93. The Morgan fingerprint density at radius 3 is 2.71 bits per heavy atom. The van der Waals surface area contributed by atoms with E-state index in [1.807, 2.05) is 53.5 Å². The van der Waals surface area contributed by atoms with E-state index in [9.17, 15) is 0 Å². The lowest BCUT2D eigenvalue weighted by Gasteiger charge is -1.98. The number of hydrogen-bond acceptors (Lipinski definition) is 1. The van der Waals surface area contributed by atoms with Crippen molar-refractivity contribution in [3.63, 3.8) is 0 Å². The van der Waals surface area contributed by atoms with Gasteiger partial charge in [-0.2, -0.15) is 5.10 Å². The molecule has 69 valence electrons. The average Bonchev–Trinajstić information content (AvgIpc) is 2.68. The monoisotopic (exact) mass is 183 g/mol. The Hall–Kier alpha value is -1.83. The summed E-state index contributed by atoms with van der Waals surface area (Å²) in [7, 11) is 0. The van der Waals surface area contributed by atoms with Gasteiger partial charge >= 0.3 is 0 Å². The Morgan fingerprint density at radius 2 is 2.00 bits per heavy atom. The lowest BCUT2D eigenvalue weighted by Crippen LogP contribution is -1.92. The summed E-state index contributed by atoms with van der Waals surface area (Å²) in [5.74, 6) is 0. The van der Waals surface area contributed by atoms with Gasteiger partial charge in [-0.3, -0.25) is 0 Å². The first-order chi connectivity index (χ1) is 6.90. The molecule has 0 amide bonds. The standard InChI is InChI=1S/C12H11N2/c1-2-6-11-9-13-14(10-11)12-7-4-3-5-8-12/h2-10H,1H2. The van der Waals surface area contributed by atoms with Crippen molar-refractivity contribution in [1.29, 1.82) is 0 Å². The molecule has 2 rings (SSSR count). The summed E-state index contributed by atoms with van der Waals surface area (Å²) in [6.45, 7) is 3.65. The number of allylic oxidation sites excluding steroid dienone is 1. The zero-order valence-electron chi connectivity index (χ0n) is 7.80. The summed E-state index contributed by atoms with van der Waals surface area (Å²) >= 11 is 0. The molecule has 0 N–H and O–H groups in total. The highest BCUT2D eigenvalue weighted by atomic mass is 15.3. The minimum atomic E-state index is 1.06. The van der Waals surface area contributed by atoms with Gasteiger partial charge in [-0.05, 0) is 19.1 Å². The maximum absolute atomic E-state index is 4.24. The average molecular weight is 183 g/mol. The van der Waals surface area contributed by atoms with Crippen LogP contribution in [-0.2, 0) is 0 Å². The molecule has 2 aromatic rings. The molecule has 0 spiro atoms. The predicted octanol–water partition coefficient (Wildman–Crippen LogP) is 2.72. The van der Waals surface area contributed by atoms with Gasteiger partial charge in [0.2, 0.25) is 0 Å². The molecule has 1 aromatic heterocycles. The van der Waals surface area contributed by atoms with Crippen LogP contribution in [0.4, 0.5) is 0 Å². The molecule has 1 heterocycles. The van der Waals surface area contributed by atoms with Crippen molar-refractivity contribution < 1.29 is 0 Å². The quantitative estimate of drug-likeness (QED) is 0.700. The molecule has 14 heavy (non-hydrogen) atoms. The van der Waals surface area contributed by atoms with Crippen LogP contribution in [0.25, 0.3) is 11.8 Å². The van der Waals surface area contributed by atoms with Gasteiger partial charge in [0.25, 0.3) is 0 Å². The second-order valence-electron chi connectivity index (χ2n) is 2.96. The number of rotatable bonds is 2. The highest BCUT2D eigenvalue weighted by Gasteiger charge is 1.96. The third-order valence-corrected chi connectivity index (χ3v) is 1.93. The van der Waals surface area contributed by atoms with E-state index in [2.05, 4.69) is 12.0 Å². The van der Waals surface area contributed by atoms with Crippen LogP contribution < -0.4 is 0 Å². The molecule has 2 heteroatoms. The first-order valence-corrected chi connectivity index (χ1v) is 4.46. The van der Waals surface area contributed by atoms with Gasteiger partial charge in [-0.1, -0.05) is 30.4 Å². The smallest absolute Gasteiger partial charge is 0.0645 e. The number of benzene rings is 1. The van der Waals surface area contributed by atoms with Crippen LogP contribution >= 0.6 is 0 Å². The summed E-state index contributed by atoms with van der Waals surface area (Å²) in [5, 5.41) is 4.24. The second-order valence-corrected chi connectivity index (χ2v) is 2.96. The van der Waals surface area contributed by atoms with Crippen molar-refractivity contribution in [3.8, 4) is 5.69 Å². The topological polar surface area (TPSA) is 17.8 Å². The molecule has 0 saturated carbocycles. The lowest BCUT2D eigenvalue weighted by molar-refractivity contribution is 0.880. The van der Waals surface area contributed by atoms with E-state index in [0.29, 0.717) is 0 Å². The molecule has 0 saturated heterocycles. The van der Waals surface area contributed by atoms with Crippen LogP contribution in [0.2, 0.25) is 0 Å². The molecule has 0 aliphatic carbocycles. The highest BCUT2D eigenvalue weighted by molar-refractivity contribution is 5.48. The zero-order chi connectivity index (χ0) is 9.80. The number of aromatic nitrogens is 2. The lowest BCUT2D eigenvalue weighted by atomic mass is 10.3. The molecule has 0 unspecified atom stereocenters. The van der Waals surface area contributed by atoms with Gasteiger partial charge in [0.15, 0.2) is 0 Å². The summed E-state index contributed by atoms with van der Waals surface area (Å²) in [6.07, 6.45) is 7.46. The maximum atomic E-state index is 4.24. The SMILES string of the molecule is [CH2]C=Cc1cnn(-c2ccccc2)c1. The first-order valence-electron chi connectivity index (χ1n) is 4.46. The molecule has 1 aromatic carbocycles. The van der Waals surface area contributed by atoms with Crippen molar-refractivity contribution in [2.75, 3.05) is 0 Å². The van der Waals surface area contributed by atoms with Crippen LogP contribution in [0.15, 0.2) is 48.8 Å². The van der Waals surface area contributed by atoms with Crippen molar-refractivity contribution >= 4 is 6.08 Å². The molecule has 0 aliphatic rings. The van der Waals surface area contributed by atoms with E-state index in [1.165, 1.54) is 0 Å². The Labute approximate surface area is 83.5 Å². The van der Waals surface area contributed by atoms with E-state index in [1.54, 1.807) is 6.08 Å². The molecular weight excluding hydrogens is 172 g/mol. The van der Waals surface area contributed by atoms with Gasteiger partial charge in [0.05, 0.1) is 11.9 Å². The van der Waals surface area contributed by atoms with Crippen molar-refractivity contribution in [2.45, 2.75) is 0 Å². The maximum Gasteiger partial charge on any atom is 0.0645 e. The van der Waals surface area contributed by atoms with Crippen LogP contribution in [0, 0.1) is 6.92 Å². The van der Waals surface area contributed by atoms with Gasteiger partial charge in [0.1, 0.15) is 0 Å². The van der Waals surface area contributed by atoms with E-state index >= 15 is 0 Å². The number of hydrogen-bond donors (Lipinski definition) is 0. The van der Waals surface area contributed by atoms with Crippen LogP contribution in [0.1, 0.15) is 5.56 Å². The van der Waals surface area contributed by atoms with Gasteiger partial charge in [0, 0.05) is 11.8 Å². The fourth-order valence-corrected chi connectivity index (χ4v) is 1.28. The predicted molar refractivity (Wildman–Crippen MR) is 58.0 cm³/mol. The number of nitrogens with zero attached hydrogens (tertiary/aromatic N) is 2. The van der Waals surface area contributed by atoms with E-state index in [-0.39, 0.29) is 0 Å². The minimum Gasteiger partial charge on any atom is -0.240 e. The summed E-state index contributed by atoms with van der Waals surface area (Å²) in [5.41, 5.74) is 2.13. The van der Waals surface area contributed by atoms with E-state index in [4.69, 9.17) is 0 Å². The molecular formula is C12H11N2. The number of para-hydroxylation sites is 1. The minimum absolute atomic E-state index is 1.06. The Balaban J connectivity index is 2.34. The molecule has 2 nitrogen and oxygen atoms in total. The van der Waals surface area contributed by atoms with Gasteiger partial charge in [-0.15, -0.1) is 0 Å². The van der Waals surface area contributed by atoms with Crippen molar-refractivity contribution in [1.82, 2.24) is 9.78 Å². The fraction of sp³-hybridized carbons (Fsp3) is 0. The molecule has 1 radical (unpaired) electrons. The Morgan fingerprint density at radius 1 is 1.21 bits per heavy atom. The van der Waals surface area contributed by atoms with E-state index in [0.717, 1.165) is 11.3 Å². The van der Waals surface area contributed by atoms with Gasteiger partial charge in [-0.25, -0.2) is 4.68 Å². The molecule has 0 atom stereocenters. The molecule has 0 aliphatic heterocycles.